The lowest BCUT2D eigenvalue weighted by molar-refractivity contribution is 0.644. The van der Waals surface area contributed by atoms with Gasteiger partial charge in [-0.25, -0.2) is 0 Å². The molecule has 0 bridgehead atoms. The molecule has 11 aromatic carbocycles. The van der Waals surface area contributed by atoms with Crippen LogP contribution in [0.15, 0.2) is 273 Å². The van der Waals surface area contributed by atoms with Gasteiger partial charge in [0.05, 0.1) is 11.0 Å². The Labute approximate surface area is 417 Å². The van der Waals surface area contributed by atoms with Crippen LogP contribution in [0.3, 0.4) is 0 Å². The molecule has 14 rings (SSSR count). The molecule has 2 heterocycles. The molecule has 71 heavy (non-hydrogen) atoms. The van der Waals surface area contributed by atoms with Gasteiger partial charge in [-0.1, -0.05) is 182 Å². The molecule has 0 N–H and O–H groups in total. The van der Waals surface area contributed by atoms with E-state index in [4.69, 9.17) is 0 Å². The van der Waals surface area contributed by atoms with Crippen LogP contribution in [0.4, 0.5) is 28.4 Å². The first kappa shape index (κ1) is 41.1. The maximum Gasteiger partial charge on any atom is 0.122 e. The third-order valence-electron chi connectivity index (χ3n) is 14.6. The fourth-order valence-corrected chi connectivity index (χ4v) is 12.7. The quantitative estimate of drug-likeness (QED) is 0.143. The lowest BCUT2D eigenvalue weighted by atomic mass is 9.78. The van der Waals surface area contributed by atoms with E-state index in [0.29, 0.717) is 0 Å². The molecule has 334 valence electrons. The van der Waals surface area contributed by atoms with Crippen molar-refractivity contribution < 1.29 is 0 Å². The minimum atomic E-state index is -0.785. The predicted molar refractivity (Wildman–Crippen MR) is 301 cm³/mol. The second-order valence-corrected chi connectivity index (χ2v) is 19.5. The van der Waals surface area contributed by atoms with Gasteiger partial charge in [-0.15, -0.1) is 11.3 Å². The number of benzene rings is 11. The van der Waals surface area contributed by atoms with Gasteiger partial charge in [0.1, 0.15) is 5.54 Å². The second-order valence-electron chi connectivity index (χ2n) is 18.4. The first-order valence-corrected chi connectivity index (χ1v) is 25.1. The number of rotatable bonds is 9. The standard InChI is InChI=1S/C67H45N3S/c1-5-20-46(21-6-1)47-22-19-29-51(42-47)69-63-34-17-14-31-57(63)58-40-37-53(45-64(58)69)68(49-25-9-3-10-26-49)52-36-39-56-55-30-13-16-33-61(55)67(62(56)44-52,48-23-7-2-8-24-48)70(50-27-11-4-12-28-50)54-38-41-66-60(43-54)59-32-15-18-35-65(59)71-66/h1-45H. The average Bonchev–Trinajstić information content (AvgIpc) is 4.09. The van der Waals surface area contributed by atoms with Crippen molar-refractivity contribution in [3.63, 3.8) is 0 Å². The van der Waals surface area contributed by atoms with Gasteiger partial charge in [-0.05, 0) is 130 Å². The van der Waals surface area contributed by atoms with Gasteiger partial charge < -0.3 is 14.4 Å². The number of nitrogens with zero attached hydrogens (tertiary/aromatic N) is 3. The van der Waals surface area contributed by atoms with E-state index in [0.717, 1.165) is 39.6 Å². The molecule has 0 saturated carbocycles. The van der Waals surface area contributed by atoms with Crippen LogP contribution < -0.4 is 9.80 Å². The average molecular weight is 924 g/mol. The summed E-state index contributed by atoms with van der Waals surface area (Å²) < 4.78 is 5.02. The number of hydrogen-bond donors (Lipinski definition) is 0. The normalized spacial score (nSPS) is 14.0. The van der Waals surface area contributed by atoms with Gasteiger partial charge in [-0.2, -0.15) is 0 Å². The Hall–Kier alpha value is -8.96. The van der Waals surface area contributed by atoms with Crippen LogP contribution in [0, 0.1) is 0 Å². The molecule has 1 aliphatic carbocycles. The molecule has 0 amide bonds. The van der Waals surface area contributed by atoms with Crippen molar-refractivity contribution in [3.8, 4) is 27.9 Å². The van der Waals surface area contributed by atoms with E-state index in [1.54, 1.807) is 0 Å². The Morgan fingerprint density at radius 1 is 0.324 bits per heavy atom. The summed E-state index contributed by atoms with van der Waals surface area (Å²) >= 11 is 1.86. The van der Waals surface area contributed by atoms with Gasteiger partial charge in [-0.3, -0.25) is 0 Å². The molecule has 13 aromatic rings. The van der Waals surface area contributed by atoms with Crippen molar-refractivity contribution in [2.24, 2.45) is 0 Å². The summed E-state index contributed by atoms with van der Waals surface area (Å²) in [5, 5.41) is 4.98. The highest BCUT2D eigenvalue weighted by atomic mass is 32.1. The smallest absolute Gasteiger partial charge is 0.122 e. The number of hydrogen-bond acceptors (Lipinski definition) is 3. The van der Waals surface area contributed by atoms with E-state index in [2.05, 4.69) is 287 Å². The highest BCUT2D eigenvalue weighted by Gasteiger charge is 2.50. The Kier molecular flexibility index (Phi) is 9.61. The summed E-state index contributed by atoms with van der Waals surface area (Å²) in [6.45, 7) is 0. The highest BCUT2D eigenvalue weighted by molar-refractivity contribution is 7.25. The molecule has 0 fully saturated rings. The van der Waals surface area contributed by atoms with Crippen LogP contribution in [0.1, 0.15) is 16.7 Å². The third-order valence-corrected chi connectivity index (χ3v) is 15.7. The minimum Gasteiger partial charge on any atom is -0.323 e. The molecular formula is C67H45N3S. The zero-order valence-corrected chi connectivity index (χ0v) is 39.5. The monoisotopic (exact) mass is 923 g/mol. The topological polar surface area (TPSA) is 11.4 Å². The van der Waals surface area contributed by atoms with Crippen LogP contribution in [0.5, 0.6) is 0 Å². The van der Waals surface area contributed by atoms with Crippen LogP contribution in [-0.4, -0.2) is 4.57 Å². The molecule has 0 spiro atoms. The van der Waals surface area contributed by atoms with Crippen LogP contribution in [0.2, 0.25) is 0 Å². The van der Waals surface area contributed by atoms with E-state index >= 15 is 0 Å². The van der Waals surface area contributed by atoms with E-state index in [1.807, 2.05) is 11.3 Å². The Bertz CT molecular complexity index is 4120. The molecule has 0 saturated heterocycles. The third kappa shape index (κ3) is 6.49. The number of fused-ring (bicyclic) bond motifs is 9. The Balaban J connectivity index is 1.03. The van der Waals surface area contributed by atoms with Gasteiger partial charge in [0.2, 0.25) is 0 Å². The van der Waals surface area contributed by atoms with Crippen molar-refractivity contribution in [1.29, 1.82) is 0 Å². The van der Waals surface area contributed by atoms with Gasteiger partial charge in [0, 0.05) is 65.1 Å². The maximum atomic E-state index is 2.61. The van der Waals surface area contributed by atoms with Crippen LogP contribution >= 0.6 is 11.3 Å². The second kappa shape index (κ2) is 16.6. The van der Waals surface area contributed by atoms with Crippen molar-refractivity contribution in [2.45, 2.75) is 5.54 Å². The van der Waals surface area contributed by atoms with Crippen molar-refractivity contribution in [2.75, 3.05) is 9.80 Å². The Morgan fingerprint density at radius 2 is 0.915 bits per heavy atom. The first-order chi connectivity index (χ1) is 35.2. The summed E-state index contributed by atoms with van der Waals surface area (Å²) in [6.07, 6.45) is 0. The van der Waals surface area contributed by atoms with Crippen LogP contribution in [0.25, 0.3) is 69.9 Å². The number of para-hydroxylation sites is 3. The van der Waals surface area contributed by atoms with Crippen molar-refractivity contribution >= 4 is 81.8 Å². The predicted octanol–water partition coefficient (Wildman–Crippen LogP) is 18.4. The number of aromatic nitrogens is 1. The molecule has 1 unspecified atom stereocenters. The zero-order valence-electron chi connectivity index (χ0n) is 38.7. The first-order valence-electron chi connectivity index (χ1n) is 24.3. The van der Waals surface area contributed by atoms with E-state index in [-0.39, 0.29) is 0 Å². The minimum absolute atomic E-state index is 0.785. The summed E-state index contributed by atoms with van der Waals surface area (Å²) in [6, 6.07) is 101. The molecule has 3 nitrogen and oxygen atoms in total. The number of thiophene rings is 1. The summed E-state index contributed by atoms with van der Waals surface area (Å²) in [5.41, 5.74) is 16.6. The van der Waals surface area contributed by atoms with Gasteiger partial charge >= 0.3 is 0 Å². The zero-order chi connectivity index (χ0) is 46.9. The molecule has 0 aliphatic heterocycles. The lowest BCUT2D eigenvalue weighted by Gasteiger charge is -2.45. The van der Waals surface area contributed by atoms with E-state index in [9.17, 15) is 0 Å². The Morgan fingerprint density at radius 3 is 1.73 bits per heavy atom. The molecule has 2 aromatic heterocycles. The summed E-state index contributed by atoms with van der Waals surface area (Å²) in [7, 11) is 0. The molecule has 0 radical (unpaired) electrons. The molecule has 4 heteroatoms. The fourth-order valence-electron chi connectivity index (χ4n) is 11.6. The molecule has 1 atom stereocenters. The lowest BCUT2D eigenvalue weighted by Crippen LogP contribution is -2.44. The largest absolute Gasteiger partial charge is 0.323 e. The summed E-state index contributed by atoms with van der Waals surface area (Å²) in [4.78, 5) is 5.06. The van der Waals surface area contributed by atoms with Gasteiger partial charge in [0.15, 0.2) is 0 Å². The molecular weight excluding hydrogens is 879 g/mol. The van der Waals surface area contributed by atoms with Crippen molar-refractivity contribution in [1.82, 2.24) is 4.57 Å². The number of anilines is 5. The molecule has 1 aliphatic rings. The summed E-state index contributed by atoms with van der Waals surface area (Å²) in [5.74, 6) is 0. The maximum absolute atomic E-state index is 2.61. The van der Waals surface area contributed by atoms with E-state index in [1.165, 1.54) is 75.4 Å². The SMILES string of the molecule is c1ccc(-c2cccc(-n3c4ccccc4c4ccc(N(c5ccccc5)c5ccc6c(c5)C(c5ccccc5)(N(c5ccccc5)c5ccc7sc8ccccc8c7c5)c5ccccc5-6)cc43)c2)cc1. The van der Waals surface area contributed by atoms with Gasteiger partial charge in [0.25, 0.3) is 0 Å². The van der Waals surface area contributed by atoms with Crippen LogP contribution in [-0.2, 0) is 5.54 Å². The fraction of sp³-hybridized carbons (Fsp3) is 0.0149. The highest BCUT2D eigenvalue weighted by Crippen LogP contribution is 2.59. The van der Waals surface area contributed by atoms with E-state index < -0.39 is 5.54 Å². The van der Waals surface area contributed by atoms with Crippen molar-refractivity contribution in [3.05, 3.63) is 290 Å².